The van der Waals surface area contributed by atoms with Gasteiger partial charge < -0.3 is 15.0 Å². The van der Waals surface area contributed by atoms with E-state index in [0.717, 1.165) is 42.7 Å². The summed E-state index contributed by atoms with van der Waals surface area (Å²) >= 11 is 6.31. The number of fused-ring (bicyclic) bond motifs is 1. The number of hydrogen-bond acceptors (Lipinski definition) is 2. The Balaban J connectivity index is 1.71. The summed E-state index contributed by atoms with van der Waals surface area (Å²) in [5.41, 5.74) is 1.25. The second kappa shape index (κ2) is 6.93. The molecule has 5 heteroatoms. The molecule has 2 aliphatic rings. The molecule has 1 saturated carbocycles. The number of halogens is 1. The highest BCUT2D eigenvalue weighted by Crippen LogP contribution is 2.52. The van der Waals surface area contributed by atoms with Crippen LogP contribution in [0.4, 0.5) is 0 Å². The van der Waals surface area contributed by atoms with Crippen LogP contribution in [0, 0.1) is 11.3 Å². The van der Waals surface area contributed by atoms with Crippen LogP contribution in [-0.2, 0) is 11.3 Å². The van der Waals surface area contributed by atoms with E-state index in [-0.39, 0.29) is 5.41 Å². The van der Waals surface area contributed by atoms with Gasteiger partial charge in [-0.05, 0) is 25.0 Å². The van der Waals surface area contributed by atoms with Crippen molar-refractivity contribution in [3.8, 4) is 0 Å². The number of hydrogen-bond donors (Lipinski definition) is 1. The van der Waals surface area contributed by atoms with Crippen LogP contribution in [0.25, 0.3) is 0 Å². The zero-order valence-corrected chi connectivity index (χ0v) is 15.8. The summed E-state index contributed by atoms with van der Waals surface area (Å²) in [6.45, 7) is 9.02. The summed E-state index contributed by atoms with van der Waals surface area (Å²) in [7, 11) is 2.07. The van der Waals surface area contributed by atoms with Crippen LogP contribution < -0.4 is 5.32 Å². The monoisotopic (exact) mass is 349 g/mol. The molecule has 4 nitrogen and oxygen atoms in total. The maximum atomic E-state index is 6.31. The van der Waals surface area contributed by atoms with Crippen LogP contribution in [0.1, 0.15) is 32.8 Å². The fraction of sp³-hybridized carbons (Fsp3) is 0.632. The molecule has 0 amide bonds. The minimum Gasteiger partial charge on any atom is -0.377 e. The van der Waals surface area contributed by atoms with E-state index < -0.39 is 0 Å². The Morgan fingerprint density at radius 3 is 2.88 bits per heavy atom. The predicted molar refractivity (Wildman–Crippen MR) is 99.4 cm³/mol. The Morgan fingerprint density at radius 2 is 2.17 bits per heavy atom. The highest BCUT2D eigenvalue weighted by atomic mass is 35.5. The Morgan fingerprint density at radius 1 is 1.42 bits per heavy atom. The third kappa shape index (κ3) is 3.14. The molecule has 1 saturated heterocycles. The van der Waals surface area contributed by atoms with Gasteiger partial charge in [-0.2, -0.15) is 0 Å². The van der Waals surface area contributed by atoms with E-state index in [2.05, 4.69) is 44.1 Å². The predicted octanol–water partition coefficient (Wildman–Crippen LogP) is 3.55. The van der Waals surface area contributed by atoms with E-state index in [4.69, 9.17) is 21.3 Å². The van der Waals surface area contributed by atoms with Crippen LogP contribution in [-0.4, -0.2) is 43.2 Å². The number of aliphatic imine (C=N–C) groups is 1. The number of benzene rings is 1. The summed E-state index contributed by atoms with van der Waals surface area (Å²) in [6.07, 6.45) is 1.52. The van der Waals surface area contributed by atoms with Gasteiger partial charge in [0.05, 0.1) is 6.10 Å². The lowest BCUT2D eigenvalue weighted by molar-refractivity contribution is -0.107. The van der Waals surface area contributed by atoms with E-state index in [1.165, 1.54) is 0 Å². The first-order valence-electron chi connectivity index (χ1n) is 8.82. The molecule has 3 atom stereocenters. The molecule has 1 aromatic rings. The lowest BCUT2D eigenvalue weighted by atomic mass is 9.57. The fourth-order valence-electron chi connectivity index (χ4n) is 4.14. The summed E-state index contributed by atoms with van der Waals surface area (Å²) in [6, 6.07) is 8.39. The molecule has 0 radical (unpaired) electrons. The molecule has 3 rings (SSSR count). The minimum absolute atomic E-state index is 0.140. The SMILES string of the molecule is CCN=C(NC1C2CCOC2C1(C)C)N(C)Cc1ccccc1Cl. The lowest BCUT2D eigenvalue weighted by Gasteiger charge is -2.55. The van der Waals surface area contributed by atoms with E-state index >= 15 is 0 Å². The normalized spacial score (nSPS) is 28.2. The van der Waals surface area contributed by atoms with Crippen molar-refractivity contribution < 1.29 is 4.74 Å². The van der Waals surface area contributed by atoms with Crippen LogP contribution in [0.5, 0.6) is 0 Å². The molecule has 0 spiro atoms. The molecule has 24 heavy (non-hydrogen) atoms. The third-order valence-corrected chi connectivity index (χ3v) is 5.79. The smallest absolute Gasteiger partial charge is 0.194 e. The molecule has 1 aromatic carbocycles. The maximum absolute atomic E-state index is 6.31. The molecule has 1 aliphatic carbocycles. The largest absolute Gasteiger partial charge is 0.377 e. The zero-order chi connectivity index (χ0) is 17.3. The number of nitrogens with one attached hydrogen (secondary N) is 1. The van der Waals surface area contributed by atoms with Crippen molar-refractivity contribution in [2.75, 3.05) is 20.2 Å². The summed E-state index contributed by atoms with van der Waals surface area (Å²) in [5, 5.41) is 4.51. The van der Waals surface area contributed by atoms with E-state index in [0.29, 0.717) is 18.1 Å². The molecular formula is C19H28ClN3O. The van der Waals surface area contributed by atoms with Gasteiger partial charge in [-0.3, -0.25) is 4.99 Å². The molecule has 0 aromatic heterocycles. The van der Waals surface area contributed by atoms with Gasteiger partial charge >= 0.3 is 0 Å². The van der Waals surface area contributed by atoms with Gasteiger partial charge in [0.25, 0.3) is 0 Å². The second-order valence-corrected chi connectivity index (χ2v) is 7.84. The Labute approximate surface area is 150 Å². The number of ether oxygens (including phenoxy) is 1. The number of guanidine groups is 1. The molecule has 2 fully saturated rings. The Kier molecular flexibility index (Phi) is 5.07. The summed E-state index contributed by atoms with van der Waals surface area (Å²) < 4.78 is 5.90. The maximum Gasteiger partial charge on any atom is 0.194 e. The molecule has 3 unspecified atom stereocenters. The Hall–Kier alpha value is -1.26. The Bertz CT molecular complexity index is 616. The summed E-state index contributed by atoms with van der Waals surface area (Å²) in [4.78, 5) is 6.86. The van der Waals surface area contributed by atoms with Gasteiger partial charge in [0.2, 0.25) is 0 Å². The molecule has 1 N–H and O–H groups in total. The zero-order valence-electron chi connectivity index (χ0n) is 15.1. The van der Waals surface area contributed by atoms with E-state index in [1.54, 1.807) is 0 Å². The first-order valence-corrected chi connectivity index (χ1v) is 9.20. The number of nitrogens with zero attached hydrogens (tertiary/aromatic N) is 2. The van der Waals surface area contributed by atoms with Crippen LogP contribution in [0.15, 0.2) is 29.3 Å². The molecule has 132 valence electrons. The van der Waals surface area contributed by atoms with Gasteiger partial charge in [0, 0.05) is 49.1 Å². The molecule has 1 heterocycles. The van der Waals surface area contributed by atoms with Crippen molar-refractivity contribution in [2.24, 2.45) is 16.3 Å². The van der Waals surface area contributed by atoms with Gasteiger partial charge in [0.15, 0.2) is 5.96 Å². The van der Waals surface area contributed by atoms with Gasteiger partial charge in [0.1, 0.15) is 0 Å². The standard InChI is InChI=1S/C19H28ClN3O/c1-5-21-18(23(4)12-13-8-6-7-9-15(13)20)22-16-14-10-11-24-17(14)19(16,2)3/h6-9,14,16-17H,5,10-12H2,1-4H3,(H,21,22). The second-order valence-electron chi connectivity index (χ2n) is 7.43. The quantitative estimate of drug-likeness (QED) is 0.667. The van der Waals surface area contributed by atoms with Crippen molar-refractivity contribution in [1.29, 1.82) is 0 Å². The van der Waals surface area contributed by atoms with Crippen molar-refractivity contribution in [2.45, 2.75) is 45.9 Å². The number of rotatable bonds is 4. The average molecular weight is 350 g/mol. The minimum atomic E-state index is 0.140. The molecule has 1 aliphatic heterocycles. The highest BCUT2D eigenvalue weighted by Gasteiger charge is 2.59. The third-order valence-electron chi connectivity index (χ3n) is 5.42. The van der Waals surface area contributed by atoms with Crippen molar-refractivity contribution in [3.63, 3.8) is 0 Å². The van der Waals surface area contributed by atoms with Gasteiger partial charge in [-0.1, -0.05) is 43.6 Å². The fourth-order valence-corrected chi connectivity index (χ4v) is 4.34. The first kappa shape index (κ1) is 17.6. The first-order chi connectivity index (χ1) is 11.4. The van der Waals surface area contributed by atoms with Crippen LogP contribution in [0.3, 0.4) is 0 Å². The average Bonchev–Trinajstić information content (AvgIpc) is 3.00. The highest BCUT2D eigenvalue weighted by molar-refractivity contribution is 6.31. The lowest BCUT2D eigenvalue weighted by Crippen LogP contribution is -2.67. The van der Waals surface area contributed by atoms with E-state index in [1.807, 2.05) is 18.2 Å². The summed E-state index contributed by atoms with van der Waals surface area (Å²) in [5.74, 6) is 1.54. The van der Waals surface area contributed by atoms with Gasteiger partial charge in [-0.15, -0.1) is 0 Å². The molecule has 0 bridgehead atoms. The van der Waals surface area contributed by atoms with Crippen LogP contribution in [0.2, 0.25) is 5.02 Å². The van der Waals surface area contributed by atoms with Crippen LogP contribution >= 0.6 is 11.6 Å². The molecular weight excluding hydrogens is 322 g/mol. The van der Waals surface area contributed by atoms with Crippen molar-refractivity contribution in [3.05, 3.63) is 34.9 Å². The topological polar surface area (TPSA) is 36.9 Å². The van der Waals surface area contributed by atoms with Crippen molar-refractivity contribution in [1.82, 2.24) is 10.2 Å². The van der Waals surface area contributed by atoms with Gasteiger partial charge in [-0.25, -0.2) is 0 Å². The van der Waals surface area contributed by atoms with Crippen molar-refractivity contribution >= 4 is 17.6 Å². The van der Waals surface area contributed by atoms with E-state index in [9.17, 15) is 0 Å².